The van der Waals surface area contributed by atoms with Crippen molar-refractivity contribution in [2.45, 2.75) is 64.1 Å². The molecule has 2 aromatic carbocycles. The highest BCUT2D eigenvalue weighted by atomic mass is 16.5. The summed E-state index contributed by atoms with van der Waals surface area (Å²) in [5, 5.41) is 13.8. The number of nitrogens with one attached hydrogen (secondary N) is 1. The zero-order chi connectivity index (χ0) is 24.9. The molecule has 1 unspecified atom stereocenters. The van der Waals surface area contributed by atoms with Gasteiger partial charge in [0.05, 0.1) is 6.61 Å². The number of aromatic nitrogens is 5. The fourth-order valence-corrected chi connectivity index (χ4v) is 5.35. The van der Waals surface area contributed by atoms with E-state index >= 15 is 0 Å². The van der Waals surface area contributed by atoms with Crippen LogP contribution in [0.5, 0.6) is 5.75 Å². The number of benzene rings is 2. The van der Waals surface area contributed by atoms with Gasteiger partial charge >= 0.3 is 0 Å². The van der Waals surface area contributed by atoms with Gasteiger partial charge in [-0.05, 0) is 73.5 Å². The number of pyridine rings is 1. The molecule has 36 heavy (non-hydrogen) atoms. The molecule has 0 radical (unpaired) electrons. The van der Waals surface area contributed by atoms with Crippen molar-refractivity contribution in [2.75, 3.05) is 13.7 Å². The summed E-state index contributed by atoms with van der Waals surface area (Å²) in [6, 6.07) is 18.1. The molecular formula is C28H34N6O2. The zero-order valence-electron chi connectivity index (χ0n) is 21.1. The molecule has 0 aliphatic heterocycles. The van der Waals surface area contributed by atoms with Gasteiger partial charge in [-0.1, -0.05) is 49.6 Å². The number of fused-ring (bicyclic) bond motifs is 1. The molecule has 1 N–H and O–H groups in total. The molecule has 1 aliphatic rings. The van der Waals surface area contributed by atoms with E-state index in [9.17, 15) is 4.79 Å². The van der Waals surface area contributed by atoms with E-state index in [4.69, 9.17) is 4.74 Å². The molecule has 8 heteroatoms. The number of hydrogen-bond donors (Lipinski definition) is 1. The Morgan fingerprint density at radius 3 is 2.69 bits per heavy atom. The molecule has 1 saturated carbocycles. The van der Waals surface area contributed by atoms with Crippen LogP contribution < -0.4 is 10.3 Å². The van der Waals surface area contributed by atoms with Crippen LogP contribution in [0.15, 0.2) is 59.4 Å². The summed E-state index contributed by atoms with van der Waals surface area (Å²) >= 11 is 0. The second kappa shape index (κ2) is 11.0. The maximum absolute atomic E-state index is 13.5. The number of rotatable bonds is 9. The van der Waals surface area contributed by atoms with Gasteiger partial charge in [0.2, 0.25) is 0 Å². The van der Waals surface area contributed by atoms with Gasteiger partial charge in [-0.25, -0.2) is 4.68 Å². The van der Waals surface area contributed by atoms with Crippen LogP contribution in [0.25, 0.3) is 10.9 Å². The Balaban J connectivity index is 1.56. The van der Waals surface area contributed by atoms with Gasteiger partial charge in [0.1, 0.15) is 11.8 Å². The maximum atomic E-state index is 13.5. The number of aryl methyl sites for hydroxylation is 2. The molecule has 1 aliphatic carbocycles. The van der Waals surface area contributed by atoms with Crippen LogP contribution in [0.3, 0.4) is 0 Å². The average molecular weight is 487 g/mol. The summed E-state index contributed by atoms with van der Waals surface area (Å²) in [6.07, 6.45) is 6.70. The normalized spacial score (nSPS) is 15.4. The lowest BCUT2D eigenvalue weighted by molar-refractivity contribution is 0.148. The Labute approximate surface area is 211 Å². The molecule has 1 atom stereocenters. The van der Waals surface area contributed by atoms with E-state index in [1.54, 1.807) is 0 Å². The largest absolute Gasteiger partial charge is 0.494 e. The van der Waals surface area contributed by atoms with Crippen molar-refractivity contribution in [2.24, 2.45) is 0 Å². The monoisotopic (exact) mass is 486 g/mol. The Hall–Kier alpha value is -3.52. The highest BCUT2D eigenvalue weighted by molar-refractivity contribution is 5.80. The third-order valence-corrected chi connectivity index (χ3v) is 7.27. The molecule has 2 aromatic heterocycles. The first-order valence-electron chi connectivity index (χ1n) is 13.0. The molecule has 2 heterocycles. The standard InChI is InChI=1S/C28H34N6O2/c1-3-36-23-14-15-25-21(18-23)19-24(28(35)29-25)26(33(2)22-12-8-5-9-13-22)27-30-31-32-34(27)17-16-20-10-6-4-7-11-20/h4,6-7,10-11,14-15,18-19,22,26H,3,5,8-9,12-13,16-17H2,1-2H3,(H,29,35). The third kappa shape index (κ3) is 5.18. The molecule has 0 saturated heterocycles. The molecule has 0 spiro atoms. The number of hydrogen-bond acceptors (Lipinski definition) is 6. The van der Waals surface area contributed by atoms with E-state index in [1.807, 2.05) is 54.1 Å². The highest BCUT2D eigenvalue weighted by Crippen LogP contribution is 2.32. The van der Waals surface area contributed by atoms with E-state index in [0.29, 0.717) is 30.6 Å². The smallest absolute Gasteiger partial charge is 0.253 e. The molecule has 188 valence electrons. The average Bonchev–Trinajstić information content (AvgIpc) is 3.37. The van der Waals surface area contributed by atoms with Crippen molar-refractivity contribution >= 4 is 10.9 Å². The van der Waals surface area contributed by atoms with Crippen molar-refractivity contribution in [1.82, 2.24) is 30.1 Å². The van der Waals surface area contributed by atoms with Crippen LogP contribution in [-0.4, -0.2) is 49.8 Å². The summed E-state index contributed by atoms with van der Waals surface area (Å²) in [5.74, 6) is 1.48. The molecular weight excluding hydrogens is 452 g/mol. The van der Waals surface area contributed by atoms with Gasteiger partial charge in [0.15, 0.2) is 5.82 Å². The van der Waals surface area contributed by atoms with E-state index < -0.39 is 0 Å². The number of ether oxygens (including phenoxy) is 1. The van der Waals surface area contributed by atoms with Crippen LogP contribution in [0.4, 0.5) is 0 Å². The van der Waals surface area contributed by atoms with Crippen molar-refractivity contribution in [1.29, 1.82) is 0 Å². The predicted octanol–water partition coefficient (Wildman–Crippen LogP) is 4.51. The first-order valence-corrected chi connectivity index (χ1v) is 13.0. The van der Waals surface area contributed by atoms with Crippen molar-refractivity contribution < 1.29 is 4.74 Å². The summed E-state index contributed by atoms with van der Waals surface area (Å²) < 4.78 is 7.57. The van der Waals surface area contributed by atoms with Crippen LogP contribution in [-0.2, 0) is 13.0 Å². The van der Waals surface area contributed by atoms with Crippen molar-refractivity contribution in [3.05, 3.63) is 81.9 Å². The number of tetrazole rings is 1. The summed E-state index contributed by atoms with van der Waals surface area (Å²) in [5.41, 5.74) is 2.55. The van der Waals surface area contributed by atoms with E-state index in [0.717, 1.165) is 35.9 Å². The summed E-state index contributed by atoms with van der Waals surface area (Å²) in [6.45, 7) is 3.19. The highest BCUT2D eigenvalue weighted by Gasteiger charge is 2.33. The fourth-order valence-electron chi connectivity index (χ4n) is 5.35. The maximum Gasteiger partial charge on any atom is 0.253 e. The zero-order valence-corrected chi connectivity index (χ0v) is 21.1. The van der Waals surface area contributed by atoms with Crippen molar-refractivity contribution in [3.8, 4) is 5.75 Å². The third-order valence-electron chi connectivity index (χ3n) is 7.27. The molecule has 8 nitrogen and oxygen atoms in total. The number of H-pyrrole nitrogens is 1. The predicted molar refractivity (Wildman–Crippen MR) is 140 cm³/mol. The fraction of sp³-hybridized carbons (Fsp3) is 0.429. The van der Waals surface area contributed by atoms with E-state index in [2.05, 4.69) is 44.6 Å². The van der Waals surface area contributed by atoms with E-state index in [-0.39, 0.29) is 11.6 Å². The van der Waals surface area contributed by atoms with Crippen LogP contribution in [0.2, 0.25) is 0 Å². The Bertz CT molecular complexity index is 1340. The summed E-state index contributed by atoms with van der Waals surface area (Å²) in [7, 11) is 2.11. The first-order chi connectivity index (χ1) is 17.6. The topological polar surface area (TPSA) is 88.9 Å². The summed E-state index contributed by atoms with van der Waals surface area (Å²) in [4.78, 5) is 18.9. The SMILES string of the molecule is CCOc1ccc2[nH]c(=O)c(C(c3nnnn3CCc3ccccc3)N(C)C3CCCCC3)cc2c1. The van der Waals surface area contributed by atoms with Gasteiger partial charge in [0, 0.05) is 29.1 Å². The molecule has 5 rings (SSSR count). The lowest BCUT2D eigenvalue weighted by Crippen LogP contribution is -2.40. The first kappa shape index (κ1) is 24.2. The molecule has 1 fully saturated rings. The minimum atomic E-state index is -0.359. The Morgan fingerprint density at radius 1 is 1.11 bits per heavy atom. The Kier molecular flexibility index (Phi) is 7.41. The van der Waals surface area contributed by atoms with Crippen LogP contribution in [0.1, 0.15) is 62.0 Å². The molecule has 4 aromatic rings. The lowest BCUT2D eigenvalue weighted by Gasteiger charge is -2.36. The van der Waals surface area contributed by atoms with Crippen LogP contribution >= 0.6 is 0 Å². The molecule has 0 bridgehead atoms. The van der Waals surface area contributed by atoms with E-state index in [1.165, 1.54) is 24.8 Å². The van der Waals surface area contributed by atoms with Crippen LogP contribution in [0, 0.1) is 0 Å². The number of nitrogens with zero attached hydrogens (tertiary/aromatic N) is 5. The van der Waals surface area contributed by atoms with Gasteiger partial charge in [-0.15, -0.1) is 5.10 Å². The second-order valence-corrected chi connectivity index (χ2v) is 9.59. The second-order valence-electron chi connectivity index (χ2n) is 9.59. The number of aromatic amines is 1. The molecule has 0 amide bonds. The van der Waals surface area contributed by atoms with Gasteiger partial charge in [-0.2, -0.15) is 0 Å². The van der Waals surface area contributed by atoms with Gasteiger partial charge < -0.3 is 9.72 Å². The Morgan fingerprint density at radius 2 is 1.92 bits per heavy atom. The van der Waals surface area contributed by atoms with Crippen molar-refractivity contribution in [3.63, 3.8) is 0 Å². The minimum Gasteiger partial charge on any atom is -0.494 e. The van der Waals surface area contributed by atoms with Gasteiger partial charge in [0.25, 0.3) is 5.56 Å². The lowest BCUT2D eigenvalue weighted by atomic mass is 9.92. The minimum absolute atomic E-state index is 0.114. The quantitative estimate of drug-likeness (QED) is 0.374. The van der Waals surface area contributed by atoms with Gasteiger partial charge in [-0.3, -0.25) is 9.69 Å².